The van der Waals surface area contributed by atoms with Crippen LogP contribution in [0.2, 0.25) is 5.02 Å². The summed E-state index contributed by atoms with van der Waals surface area (Å²) in [6.07, 6.45) is -1.31. The number of carbonyl (C=O) groups excluding carboxylic acids is 2. The maximum atomic E-state index is 13.8. The van der Waals surface area contributed by atoms with Crippen molar-refractivity contribution in [3.8, 4) is 11.1 Å². The number of pyridine rings is 1. The molecule has 5 aromatic heterocycles. The molecule has 0 saturated heterocycles. The number of nitrogens with one attached hydrogen (secondary N) is 1. The van der Waals surface area contributed by atoms with E-state index < -0.39 is 23.9 Å². The van der Waals surface area contributed by atoms with Gasteiger partial charge in [-0.25, -0.2) is 13.8 Å². The summed E-state index contributed by atoms with van der Waals surface area (Å²) >= 11 is 7.05. The third-order valence-corrected chi connectivity index (χ3v) is 8.19. The lowest BCUT2D eigenvalue weighted by Crippen LogP contribution is -2.16. The largest absolute Gasteiger partial charge is 0.454 e. The topological polar surface area (TPSA) is 134 Å². The molecule has 0 atom stereocenters. The monoisotopic (exact) mass is 587 g/mol. The molecule has 2 amide bonds. The van der Waals surface area contributed by atoms with Crippen LogP contribution in [0.25, 0.3) is 21.3 Å². The molecular formula is C26H24ClF2N7O3S. The number of amides is 2. The lowest BCUT2D eigenvalue weighted by Gasteiger charge is -2.10. The summed E-state index contributed by atoms with van der Waals surface area (Å²) in [5.41, 5.74) is 8.28. The molecule has 0 bridgehead atoms. The number of rotatable bonds is 8. The van der Waals surface area contributed by atoms with Crippen LogP contribution in [-0.2, 0) is 13.1 Å². The molecule has 0 aromatic carbocycles. The van der Waals surface area contributed by atoms with Crippen molar-refractivity contribution in [2.45, 2.75) is 47.2 Å². The zero-order valence-corrected chi connectivity index (χ0v) is 23.5. The fourth-order valence-electron chi connectivity index (χ4n) is 4.50. The minimum absolute atomic E-state index is 0.0342. The minimum atomic E-state index is -2.86. The molecule has 0 aliphatic carbocycles. The fraction of sp³-hybridized carbons (Fsp3) is 0.269. The van der Waals surface area contributed by atoms with Crippen LogP contribution in [0.5, 0.6) is 0 Å². The molecule has 5 heterocycles. The number of halogens is 3. The van der Waals surface area contributed by atoms with Crippen LogP contribution >= 0.6 is 22.9 Å². The van der Waals surface area contributed by atoms with Crippen LogP contribution in [0.3, 0.4) is 0 Å². The van der Waals surface area contributed by atoms with E-state index in [2.05, 4.69) is 20.5 Å². The van der Waals surface area contributed by atoms with Gasteiger partial charge in [-0.05, 0) is 51.5 Å². The number of fused-ring (bicyclic) bond motifs is 1. The highest BCUT2D eigenvalue weighted by Gasteiger charge is 2.27. The second kappa shape index (κ2) is 10.5. The van der Waals surface area contributed by atoms with Crippen molar-refractivity contribution in [2.75, 3.05) is 5.32 Å². The van der Waals surface area contributed by atoms with Gasteiger partial charge in [-0.2, -0.15) is 10.2 Å². The first-order valence-electron chi connectivity index (χ1n) is 12.2. The highest BCUT2D eigenvalue weighted by molar-refractivity contribution is 7.21. The maximum absolute atomic E-state index is 13.8. The smallest absolute Gasteiger partial charge is 0.291 e. The molecule has 208 valence electrons. The number of hydrogen-bond acceptors (Lipinski definition) is 7. The minimum Gasteiger partial charge on any atom is -0.454 e. The summed E-state index contributed by atoms with van der Waals surface area (Å²) in [4.78, 5) is 29.9. The highest BCUT2D eigenvalue weighted by Crippen LogP contribution is 2.43. The second-order valence-corrected chi connectivity index (χ2v) is 10.4. The Kier molecular flexibility index (Phi) is 7.19. The number of nitrogens with two attached hydrogens (primary N) is 1. The average molecular weight is 588 g/mol. The van der Waals surface area contributed by atoms with Gasteiger partial charge >= 0.3 is 0 Å². The van der Waals surface area contributed by atoms with Crippen LogP contribution in [0.4, 0.5) is 14.5 Å². The molecule has 40 heavy (non-hydrogen) atoms. The van der Waals surface area contributed by atoms with E-state index in [1.807, 2.05) is 13.8 Å². The van der Waals surface area contributed by atoms with Gasteiger partial charge in [-0.3, -0.25) is 19.0 Å². The van der Waals surface area contributed by atoms with E-state index in [-0.39, 0.29) is 27.7 Å². The van der Waals surface area contributed by atoms with Gasteiger partial charge in [-0.15, -0.1) is 11.3 Å². The summed E-state index contributed by atoms with van der Waals surface area (Å²) in [7, 11) is 0. The first kappa shape index (κ1) is 27.5. The third-order valence-electron chi connectivity index (χ3n) is 6.54. The van der Waals surface area contributed by atoms with Crippen LogP contribution in [0, 0.1) is 20.8 Å². The Bertz CT molecular complexity index is 1790. The number of nitrogens with zero attached hydrogens (tertiary/aromatic N) is 5. The molecule has 3 N–H and O–H groups in total. The Labute approximate surface area is 235 Å². The van der Waals surface area contributed by atoms with Crippen LogP contribution in [0.1, 0.15) is 62.1 Å². The maximum Gasteiger partial charge on any atom is 0.291 e. The average Bonchev–Trinajstić information content (AvgIpc) is 3.67. The predicted octanol–water partition coefficient (Wildman–Crippen LogP) is 5.88. The molecule has 5 aromatic rings. The number of alkyl halides is 2. The Hall–Kier alpha value is -4.10. The Morgan fingerprint density at radius 3 is 2.52 bits per heavy atom. The number of hydrogen-bond donors (Lipinski definition) is 2. The lowest BCUT2D eigenvalue weighted by molar-refractivity contribution is 0.0994. The van der Waals surface area contributed by atoms with E-state index in [9.17, 15) is 18.4 Å². The number of anilines is 1. The summed E-state index contributed by atoms with van der Waals surface area (Å²) in [6, 6.07) is 4.36. The molecule has 0 aliphatic heterocycles. The first-order chi connectivity index (χ1) is 19.0. The SMILES string of the molecule is CCn1ncc(-c2cc(C(F)F)nc3sc(C(N)=O)c(NC(=O)c4ccc(Cn5nc(C)c(Cl)c5C)o4)c23)c1C. The Morgan fingerprint density at radius 2 is 1.93 bits per heavy atom. The quantitative estimate of drug-likeness (QED) is 0.233. The molecule has 5 rings (SSSR count). The molecule has 0 radical (unpaired) electrons. The van der Waals surface area contributed by atoms with Crippen molar-refractivity contribution in [3.05, 3.63) is 68.6 Å². The van der Waals surface area contributed by atoms with Crippen molar-refractivity contribution in [3.63, 3.8) is 0 Å². The molecule has 10 nitrogen and oxygen atoms in total. The third kappa shape index (κ3) is 4.75. The second-order valence-electron chi connectivity index (χ2n) is 9.07. The van der Waals surface area contributed by atoms with E-state index in [1.165, 1.54) is 12.1 Å². The summed E-state index contributed by atoms with van der Waals surface area (Å²) in [5, 5.41) is 12.3. The molecule has 0 unspecified atom stereocenters. The molecule has 0 spiro atoms. The molecular weight excluding hydrogens is 564 g/mol. The van der Waals surface area contributed by atoms with E-state index in [0.717, 1.165) is 22.7 Å². The van der Waals surface area contributed by atoms with Gasteiger partial charge in [0, 0.05) is 23.2 Å². The van der Waals surface area contributed by atoms with E-state index in [1.54, 1.807) is 35.5 Å². The van der Waals surface area contributed by atoms with Gasteiger partial charge in [0.05, 0.1) is 34.8 Å². The van der Waals surface area contributed by atoms with Crippen LogP contribution in [-0.4, -0.2) is 36.4 Å². The van der Waals surface area contributed by atoms with Gasteiger partial charge in [0.2, 0.25) is 0 Å². The number of aryl methyl sites for hydroxylation is 2. The molecule has 0 aliphatic rings. The van der Waals surface area contributed by atoms with Crippen LogP contribution in [0.15, 0.2) is 28.8 Å². The lowest BCUT2D eigenvalue weighted by atomic mass is 10.0. The van der Waals surface area contributed by atoms with Gasteiger partial charge in [0.1, 0.15) is 21.2 Å². The van der Waals surface area contributed by atoms with Gasteiger partial charge in [0.25, 0.3) is 18.2 Å². The number of primary amides is 1. The number of aromatic nitrogens is 5. The van der Waals surface area contributed by atoms with Gasteiger partial charge < -0.3 is 15.5 Å². The van der Waals surface area contributed by atoms with Gasteiger partial charge in [0.15, 0.2) is 5.76 Å². The van der Waals surface area contributed by atoms with E-state index in [4.69, 9.17) is 21.8 Å². The van der Waals surface area contributed by atoms with Crippen molar-refractivity contribution >= 4 is 50.7 Å². The highest BCUT2D eigenvalue weighted by atomic mass is 35.5. The van der Waals surface area contributed by atoms with E-state index in [0.29, 0.717) is 39.5 Å². The zero-order chi connectivity index (χ0) is 28.9. The van der Waals surface area contributed by atoms with Crippen LogP contribution < -0.4 is 11.1 Å². The van der Waals surface area contributed by atoms with Gasteiger partial charge in [-0.1, -0.05) is 11.6 Å². The van der Waals surface area contributed by atoms with Crippen molar-refractivity contribution in [2.24, 2.45) is 5.73 Å². The summed E-state index contributed by atoms with van der Waals surface area (Å²) < 4.78 is 36.7. The van der Waals surface area contributed by atoms with Crippen molar-refractivity contribution in [1.82, 2.24) is 24.5 Å². The summed E-state index contributed by atoms with van der Waals surface area (Å²) in [5.74, 6) is -1.09. The predicted molar refractivity (Wildman–Crippen MR) is 147 cm³/mol. The van der Waals surface area contributed by atoms with E-state index >= 15 is 0 Å². The number of furan rings is 1. The zero-order valence-electron chi connectivity index (χ0n) is 21.9. The first-order valence-corrected chi connectivity index (χ1v) is 13.4. The summed E-state index contributed by atoms with van der Waals surface area (Å²) in [6.45, 7) is 8.12. The Balaban J connectivity index is 1.57. The molecule has 0 saturated carbocycles. The standard InChI is InChI=1S/C26H24ClF2N7O3S/c1-5-35-12(3)16(9-31-35)15-8-17(23(28)29)32-26-19(15)21(22(40-26)24(30)37)33-25(38)18-7-6-14(39-18)10-36-13(4)20(27)11(2)34-36/h6-9,23H,5,10H2,1-4H3,(H2,30,37)(H,33,38). The van der Waals surface area contributed by atoms with Crippen molar-refractivity contribution in [1.29, 1.82) is 0 Å². The normalized spacial score (nSPS) is 11.6. The van der Waals surface area contributed by atoms with Crippen molar-refractivity contribution < 1.29 is 22.8 Å². The number of carbonyl (C=O) groups is 2. The molecule has 14 heteroatoms. The number of thiophene rings is 1. The fourth-order valence-corrected chi connectivity index (χ4v) is 5.65. The molecule has 0 fully saturated rings. The Morgan fingerprint density at radius 1 is 1.18 bits per heavy atom.